The first-order valence-electron chi connectivity index (χ1n) is 8.50. The van der Waals surface area contributed by atoms with Crippen LogP contribution in [0.5, 0.6) is 0 Å². The molecule has 1 aliphatic rings. The molecule has 1 heterocycles. The molecule has 4 N–H and O–H groups in total. The molecule has 0 aliphatic heterocycles. The Morgan fingerprint density at radius 3 is 2.62 bits per heavy atom. The second-order valence-electron chi connectivity index (χ2n) is 6.81. The minimum absolute atomic E-state index is 0.187. The van der Waals surface area contributed by atoms with Crippen molar-refractivity contribution in [1.29, 1.82) is 5.41 Å². The van der Waals surface area contributed by atoms with Crippen LogP contribution in [0, 0.1) is 11.2 Å². The van der Waals surface area contributed by atoms with Crippen LogP contribution in [0.3, 0.4) is 0 Å². The van der Waals surface area contributed by atoms with Gasteiger partial charge in [-0.1, -0.05) is 0 Å². The normalized spacial score (nSPS) is 20.4. The third-order valence-electron chi connectivity index (χ3n) is 4.79. The van der Waals surface area contributed by atoms with Crippen LogP contribution in [-0.4, -0.2) is 46.4 Å². The van der Waals surface area contributed by atoms with Gasteiger partial charge in [0, 0.05) is 30.1 Å². The first-order valence-corrected chi connectivity index (χ1v) is 8.50. The average Bonchev–Trinajstić information content (AvgIpc) is 3.00. The van der Waals surface area contributed by atoms with Crippen molar-refractivity contribution in [2.45, 2.75) is 31.3 Å². The van der Waals surface area contributed by atoms with E-state index in [-0.39, 0.29) is 17.4 Å². The van der Waals surface area contributed by atoms with Crippen LogP contribution in [0.1, 0.15) is 35.7 Å². The molecule has 26 heavy (non-hydrogen) atoms. The van der Waals surface area contributed by atoms with E-state index in [4.69, 9.17) is 11.1 Å². The maximum atomic E-state index is 13.1. The van der Waals surface area contributed by atoms with Crippen molar-refractivity contribution in [3.8, 4) is 0 Å². The predicted octanol–water partition coefficient (Wildman–Crippen LogP) is 2.54. The minimum atomic E-state index is -0.602. The van der Waals surface area contributed by atoms with Gasteiger partial charge in [0.1, 0.15) is 11.4 Å². The molecular formula is C18H23FN6O. The number of aromatic nitrogens is 2. The molecule has 1 amide bonds. The summed E-state index contributed by atoms with van der Waals surface area (Å²) >= 11 is 0. The smallest absolute Gasteiger partial charge is 0.254 e. The maximum Gasteiger partial charge on any atom is 0.254 e. The van der Waals surface area contributed by atoms with Gasteiger partial charge in [-0.2, -0.15) is 5.10 Å². The number of hydrogen-bond donors (Lipinski definition) is 3. The highest BCUT2D eigenvalue weighted by Gasteiger charge is 2.30. The van der Waals surface area contributed by atoms with Crippen LogP contribution >= 0.6 is 0 Å². The monoisotopic (exact) mass is 358 g/mol. The second kappa shape index (κ2) is 7.25. The van der Waals surface area contributed by atoms with Crippen molar-refractivity contribution >= 4 is 23.1 Å². The molecule has 1 saturated carbocycles. The van der Waals surface area contributed by atoms with Gasteiger partial charge in [-0.3, -0.25) is 9.48 Å². The van der Waals surface area contributed by atoms with Crippen molar-refractivity contribution in [2.75, 3.05) is 19.4 Å². The third kappa shape index (κ3) is 3.75. The molecule has 7 nitrogen and oxygen atoms in total. The molecule has 3 rings (SSSR count). The Balaban J connectivity index is 1.84. The zero-order valence-corrected chi connectivity index (χ0v) is 14.9. The fourth-order valence-electron chi connectivity index (χ4n) is 3.24. The van der Waals surface area contributed by atoms with Crippen LogP contribution in [0.25, 0.3) is 0 Å². The highest BCUT2D eigenvalue weighted by atomic mass is 19.1. The molecule has 8 heteroatoms. The van der Waals surface area contributed by atoms with Gasteiger partial charge in [0.2, 0.25) is 0 Å². The number of amides is 1. The summed E-state index contributed by atoms with van der Waals surface area (Å²) in [6.07, 6.45) is 3.98. The van der Waals surface area contributed by atoms with E-state index in [0.717, 1.165) is 12.8 Å². The summed E-state index contributed by atoms with van der Waals surface area (Å²) in [7, 11) is 4.03. The molecule has 1 aromatic carbocycles. The van der Waals surface area contributed by atoms with Crippen LogP contribution in [0.2, 0.25) is 0 Å². The summed E-state index contributed by atoms with van der Waals surface area (Å²) in [6.45, 7) is 0. The van der Waals surface area contributed by atoms with Crippen LogP contribution in [0.15, 0.2) is 30.5 Å². The molecule has 0 spiro atoms. The van der Waals surface area contributed by atoms with Crippen molar-refractivity contribution in [3.63, 3.8) is 0 Å². The lowest BCUT2D eigenvalue weighted by atomic mass is 9.89. The van der Waals surface area contributed by atoms with Gasteiger partial charge in [-0.25, -0.2) is 4.39 Å². The number of carbonyl (C=O) groups excluding carboxylic acids is 1. The molecule has 0 bridgehead atoms. The number of benzene rings is 1. The molecule has 2 atom stereocenters. The number of halogens is 1. The quantitative estimate of drug-likeness (QED) is 0.765. The van der Waals surface area contributed by atoms with E-state index in [2.05, 4.69) is 15.3 Å². The third-order valence-corrected chi connectivity index (χ3v) is 4.79. The van der Waals surface area contributed by atoms with Crippen LogP contribution in [-0.2, 0) is 0 Å². The number of hydrogen-bond acceptors (Lipinski definition) is 5. The molecule has 1 aromatic heterocycles. The SMILES string of the molecule is CN(C)[C@H]1CC[C@H](n2cc(C(N)=O)c(Nc3ccc(F)cc3)n2)C(=N)C1. The van der Waals surface area contributed by atoms with E-state index in [1.165, 1.54) is 12.1 Å². The van der Waals surface area contributed by atoms with Gasteiger partial charge in [-0.05, 0) is 51.2 Å². The van der Waals surface area contributed by atoms with Crippen LogP contribution in [0.4, 0.5) is 15.9 Å². The lowest BCUT2D eigenvalue weighted by molar-refractivity contribution is 0.100. The van der Waals surface area contributed by atoms with E-state index in [0.29, 0.717) is 29.7 Å². The van der Waals surface area contributed by atoms with Gasteiger partial charge >= 0.3 is 0 Å². The predicted molar refractivity (Wildman–Crippen MR) is 98.5 cm³/mol. The average molecular weight is 358 g/mol. The van der Waals surface area contributed by atoms with Gasteiger partial charge in [0.15, 0.2) is 5.82 Å². The van der Waals surface area contributed by atoms with Crippen molar-refractivity contribution in [2.24, 2.45) is 5.73 Å². The van der Waals surface area contributed by atoms with Crippen molar-refractivity contribution in [1.82, 2.24) is 14.7 Å². The van der Waals surface area contributed by atoms with Gasteiger partial charge < -0.3 is 21.4 Å². The van der Waals surface area contributed by atoms with Crippen LogP contribution < -0.4 is 11.1 Å². The topological polar surface area (TPSA) is 100 Å². The Kier molecular flexibility index (Phi) is 5.03. The molecule has 0 unspecified atom stereocenters. The second-order valence-corrected chi connectivity index (χ2v) is 6.81. The number of anilines is 2. The van der Waals surface area contributed by atoms with E-state index in [9.17, 15) is 9.18 Å². The summed E-state index contributed by atoms with van der Waals surface area (Å²) in [5, 5.41) is 15.8. The Bertz CT molecular complexity index is 814. The summed E-state index contributed by atoms with van der Waals surface area (Å²) < 4.78 is 14.7. The molecule has 0 radical (unpaired) electrons. The Labute approximate surface area is 151 Å². The van der Waals surface area contributed by atoms with E-state index in [1.54, 1.807) is 23.0 Å². The zero-order chi connectivity index (χ0) is 18.8. The lowest BCUT2D eigenvalue weighted by Crippen LogP contribution is -2.38. The summed E-state index contributed by atoms with van der Waals surface area (Å²) in [4.78, 5) is 13.9. The molecular weight excluding hydrogens is 335 g/mol. The summed E-state index contributed by atoms with van der Waals surface area (Å²) in [6, 6.07) is 5.92. The number of nitrogens with two attached hydrogens (primary N) is 1. The molecule has 138 valence electrons. The summed E-state index contributed by atoms with van der Waals surface area (Å²) in [5.41, 5.74) is 6.91. The molecule has 2 aromatic rings. The molecule has 1 aliphatic carbocycles. The fourth-order valence-corrected chi connectivity index (χ4v) is 3.24. The minimum Gasteiger partial charge on any atom is -0.365 e. The van der Waals surface area contributed by atoms with Gasteiger partial charge in [-0.15, -0.1) is 0 Å². The number of primary amides is 1. The standard InChI is InChI=1S/C18H23FN6O/c1-24(2)13-7-8-16(15(20)9-13)25-10-14(17(21)26)18(23-25)22-12-5-3-11(19)4-6-12/h3-6,10,13,16,20H,7-9H2,1-2H3,(H2,21,26)(H,22,23)/t13-,16-/m0/s1. The van der Waals surface area contributed by atoms with Crippen molar-refractivity contribution in [3.05, 3.63) is 41.8 Å². The number of carbonyl (C=O) groups is 1. The number of nitrogens with zero attached hydrogens (tertiary/aromatic N) is 3. The Morgan fingerprint density at radius 1 is 1.35 bits per heavy atom. The molecule has 1 fully saturated rings. The van der Waals surface area contributed by atoms with Crippen molar-refractivity contribution < 1.29 is 9.18 Å². The highest BCUT2D eigenvalue weighted by Crippen LogP contribution is 2.29. The molecule has 0 saturated heterocycles. The fraction of sp³-hybridized carbons (Fsp3) is 0.389. The zero-order valence-electron chi connectivity index (χ0n) is 14.9. The number of rotatable bonds is 5. The first kappa shape index (κ1) is 18.1. The first-order chi connectivity index (χ1) is 12.3. The Hall–Kier alpha value is -2.74. The van der Waals surface area contributed by atoms with E-state index in [1.807, 2.05) is 14.1 Å². The highest BCUT2D eigenvalue weighted by molar-refractivity contribution is 5.98. The van der Waals surface area contributed by atoms with E-state index < -0.39 is 5.91 Å². The van der Waals surface area contributed by atoms with Gasteiger partial charge in [0.25, 0.3) is 5.91 Å². The lowest BCUT2D eigenvalue weighted by Gasteiger charge is -2.33. The largest absolute Gasteiger partial charge is 0.365 e. The van der Waals surface area contributed by atoms with Gasteiger partial charge in [0.05, 0.1) is 6.04 Å². The number of nitrogens with one attached hydrogen (secondary N) is 2. The maximum absolute atomic E-state index is 13.1. The Morgan fingerprint density at radius 2 is 2.04 bits per heavy atom. The van der Waals surface area contributed by atoms with E-state index >= 15 is 0 Å². The summed E-state index contributed by atoms with van der Waals surface area (Å²) in [5.74, 6) is -0.636.